The maximum atomic E-state index is 11.1. The van der Waals surface area contributed by atoms with Gasteiger partial charge in [-0.1, -0.05) is 53.0 Å². The molecule has 3 nitrogen and oxygen atoms in total. The second kappa shape index (κ2) is 6.30. The normalized spacial score (nSPS) is 25.0. The highest BCUT2D eigenvalue weighted by atomic mass is 35.5. The van der Waals surface area contributed by atoms with Gasteiger partial charge in [0.25, 0.3) is 0 Å². The lowest BCUT2D eigenvalue weighted by molar-refractivity contribution is -0.137. The number of alkyl halides is 1. The van der Waals surface area contributed by atoms with E-state index in [0.29, 0.717) is 10.1 Å². The number of carbonyl (C=O) groups is 1. The summed E-state index contributed by atoms with van der Waals surface area (Å²) in [5.74, 6) is -1.65. The van der Waals surface area contributed by atoms with Crippen molar-refractivity contribution >= 4 is 46.5 Å². The minimum atomic E-state index is -1.28. The molecule has 21 heavy (non-hydrogen) atoms. The molecule has 0 saturated carbocycles. The van der Waals surface area contributed by atoms with Crippen LogP contribution in [0.15, 0.2) is 46.5 Å². The number of nitrogens with one attached hydrogen (secondary N) is 1. The van der Waals surface area contributed by atoms with Crippen molar-refractivity contribution in [3.8, 4) is 0 Å². The van der Waals surface area contributed by atoms with Crippen LogP contribution in [0, 0.1) is 12.8 Å². The van der Waals surface area contributed by atoms with Gasteiger partial charge in [0.2, 0.25) is 0 Å². The van der Waals surface area contributed by atoms with Crippen molar-refractivity contribution in [1.29, 1.82) is 0 Å². The third-order valence-corrected chi connectivity index (χ3v) is 4.86. The van der Waals surface area contributed by atoms with Crippen LogP contribution in [0.4, 0.5) is 5.69 Å². The summed E-state index contributed by atoms with van der Waals surface area (Å²) in [6, 6.07) is 7.54. The fourth-order valence-corrected chi connectivity index (χ4v) is 3.18. The molecular formula is C15H14Cl3NO2. The summed E-state index contributed by atoms with van der Waals surface area (Å²) in [6.07, 6.45) is 2.94. The van der Waals surface area contributed by atoms with Crippen LogP contribution in [0.25, 0.3) is 0 Å². The van der Waals surface area contributed by atoms with Crippen LogP contribution >= 0.6 is 34.8 Å². The molecule has 0 amide bonds. The molecule has 2 atom stereocenters. The number of anilines is 1. The highest BCUT2D eigenvalue weighted by molar-refractivity contribution is 6.42. The number of allylic oxidation sites excluding steroid dienone is 2. The van der Waals surface area contributed by atoms with Crippen molar-refractivity contribution in [1.82, 2.24) is 0 Å². The predicted molar refractivity (Wildman–Crippen MR) is 87.0 cm³/mol. The van der Waals surface area contributed by atoms with Gasteiger partial charge >= 0.3 is 5.97 Å². The maximum absolute atomic E-state index is 11.1. The molecule has 0 bridgehead atoms. The first kappa shape index (κ1) is 16.2. The predicted octanol–water partition coefficient (Wildman–Crippen LogP) is 4.69. The molecule has 1 aromatic carbocycles. The fraction of sp³-hybridized carbons (Fsp3) is 0.267. The summed E-state index contributed by atoms with van der Waals surface area (Å²) < 4.78 is 0. The standard InChI is InChI=1S/C15H14Cl3NO2/c1-9-4-2-3-5-12(9)19-15(18)10(8-14(20)21)11(16)6-7-13(15)17/h2-7,10,19H,8H2,1H3,(H,20,21). The Kier molecular flexibility index (Phi) is 4.87. The average Bonchev–Trinajstić information content (AvgIpc) is 2.42. The minimum absolute atomic E-state index is 0.220. The molecule has 6 heteroatoms. The van der Waals surface area contributed by atoms with Gasteiger partial charge in [-0.25, -0.2) is 0 Å². The molecule has 0 aromatic heterocycles. The summed E-state index contributed by atoms with van der Waals surface area (Å²) in [5, 5.41) is 12.9. The van der Waals surface area contributed by atoms with Gasteiger partial charge in [0.05, 0.1) is 11.5 Å². The molecule has 0 aliphatic heterocycles. The van der Waals surface area contributed by atoms with E-state index in [1.165, 1.54) is 0 Å². The minimum Gasteiger partial charge on any atom is -0.481 e. The van der Waals surface area contributed by atoms with E-state index in [0.717, 1.165) is 11.3 Å². The zero-order valence-electron chi connectivity index (χ0n) is 11.2. The summed E-state index contributed by atoms with van der Waals surface area (Å²) >= 11 is 19.0. The van der Waals surface area contributed by atoms with Crippen molar-refractivity contribution in [2.45, 2.75) is 18.3 Å². The SMILES string of the molecule is Cc1ccccc1NC1(Cl)C(Cl)=CC=C(Cl)C1CC(=O)O. The molecule has 0 fully saturated rings. The van der Waals surface area contributed by atoms with Gasteiger partial charge in [-0.3, -0.25) is 4.79 Å². The first-order valence-electron chi connectivity index (χ1n) is 6.32. The van der Waals surface area contributed by atoms with Crippen LogP contribution in [0.5, 0.6) is 0 Å². The van der Waals surface area contributed by atoms with Crippen LogP contribution in [-0.4, -0.2) is 16.1 Å². The Morgan fingerprint density at radius 3 is 2.62 bits per heavy atom. The number of aryl methyl sites for hydroxylation is 1. The lowest BCUT2D eigenvalue weighted by atomic mass is 9.90. The third-order valence-electron chi connectivity index (χ3n) is 3.39. The third kappa shape index (κ3) is 3.37. The van der Waals surface area contributed by atoms with E-state index in [1.807, 2.05) is 31.2 Å². The largest absolute Gasteiger partial charge is 0.481 e. The smallest absolute Gasteiger partial charge is 0.304 e. The Labute approximate surface area is 138 Å². The van der Waals surface area contributed by atoms with Gasteiger partial charge in [-0.05, 0) is 30.7 Å². The van der Waals surface area contributed by atoms with E-state index in [1.54, 1.807) is 12.2 Å². The molecule has 1 aliphatic carbocycles. The highest BCUT2D eigenvalue weighted by Gasteiger charge is 2.44. The van der Waals surface area contributed by atoms with E-state index in [-0.39, 0.29) is 6.42 Å². The molecule has 2 unspecified atom stereocenters. The van der Waals surface area contributed by atoms with Crippen LogP contribution < -0.4 is 5.32 Å². The maximum Gasteiger partial charge on any atom is 0.304 e. The molecule has 1 aliphatic rings. The zero-order valence-corrected chi connectivity index (χ0v) is 13.5. The number of benzene rings is 1. The second-order valence-electron chi connectivity index (χ2n) is 4.87. The Morgan fingerprint density at radius 2 is 2.00 bits per heavy atom. The Hall–Kier alpha value is -1.16. The molecule has 112 valence electrons. The first-order chi connectivity index (χ1) is 9.84. The molecule has 0 heterocycles. The summed E-state index contributed by atoms with van der Waals surface area (Å²) in [7, 11) is 0. The number of carboxylic acid groups (broad SMARTS) is 1. The van der Waals surface area contributed by atoms with E-state index in [2.05, 4.69) is 5.32 Å². The fourth-order valence-electron chi connectivity index (χ4n) is 2.22. The van der Waals surface area contributed by atoms with Crippen LogP contribution in [-0.2, 0) is 4.79 Å². The molecule has 0 spiro atoms. The van der Waals surface area contributed by atoms with Crippen LogP contribution in [0.3, 0.4) is 0 Å². The number of hydrogen-bond donors (Lipinski definition) is 2. The first-order valence-corrected chi connectivity index (χ1v) is 7.46. The lowest BCUT2D eigenvalue weighted by Crippen LogP contribution is -2.43. The van der Waals surface area contributed by atoms with Crippen molar-refractivity contribution in [3.63, 3.8) is 0 Å². The second-order valence-corrected chi connectivity index (χ2v) is 6.31. The zero-order chi connectivity index (χ0) is 15.6. The van der Waals surface area contributed by atoms with Gasteiger partial charge in [0.1, 0.15) is 0 Å². The molecular weight excluding hydrogens is 333 g/mol. The van der Waals surface area contributed by atoms with Crippen molar-refractivity contribution in [2.75, 3.05) is 5.32 Å². The molecule has 1 aromatic rings. The van der Waals surface area contributed by atoms with Crippen molar-refractivity contribution < 1.29 is 9.90 Å². The van der Waals surface area contributed by atoms with Crippen LogP contribution in [0.1, 0.15) is 12.0 Å². The van der Waals surface area contributed by atoms with Gasteiger partial charge in [0.15, 0.2) is 5.00 Å². The van der Waals surface area contributed by atoms with E-state index in [9.17, 15) is 4.79 Å². The Bertz CT molecular complexity index is 627. The van der Waals surface area contributed by atoms with E-state index < -0.39 is 16.9 Å². The average molecular weight is 347 g/mol. The van der Waals surface area contributed by atoms with E-state index >= 15 is 0 Å². The van der Waals surface area contributed by atoms with Crippen molar-refractivity contribution in [2.24, 2.45) is 5.92 Å². The molecule has 2 N–H and O–H groups in total. The van der Waals surface area contributed by atoms with Crippen molar-refractivity contribution in [3.05, 3.63) is 52.0 Å². The van der Waals surface area contributed by atoms with Gasteiger partial charge in [-0.2, -0.15) is 0 Å². The number of carboxylic acids is 1. The Balaban J connectivity index is 2.40. The summed E-state index contributed by atoms with van der Waals surface area (Å²) in [5.41, 5.74) is 1.75. The monoisotopic (exact) mass is 345 g/mol. The highest BCUT2D eigenvalue weighted by Crippen LogP contribution is 2.46. The number of halogens is 3. The molecule has 0 saturated heterocycles. The van der Waals surface area contributed by atoms with Gasteiger partial charge in [0, 0.05) is 16.6 Å². The number of aliphatic carboxylic acids is 1. The topological polar surface area (TPSA) is 49.3 Å². The number of rotatable bonds is 4. The van der Waals surface area contributed by atoms with Gasteiger partial charge < -0.3 is 10.4 Å². The molecule has 2 rings (SSSR count). The number of hydrogen-bond acceptors (Lipinski definition) is 2. The van der Waals surface area contributed by atoms with Crippen LogP contribution in [0.2, 0.25) is 0 Å². The number of para-hydroxylation sites is 1. The lowest BCUT2D eigenvalue weighted by Gasteiger charge is -2.38. The molecule has 0 radical (unpaired) electrons. The van der Waals surface area contributed by atoms with E-state index in [4.69, 9.17) is 39.9 Å². The Morgan fingerprint density at radius 1 is 1.33 bits per heavy atom. The summed E-state index contributed by atoms with van der Waals surface area (Å²) in [4.78, 5) is 9.81. The quantitative estimate of drug-likeness (QED) is 0.614. The van der Waals surface area contributed by atoms with Gasteiger partial charge in [-0.15, -0.1) is 0 Å². The summed E-state index contributed by atoms with van der Waals surface area (Å²) in [6.45, 7) is 1.92.